The van der Waals surface area contributed by atoms with Gasteiger partial charge in [-0.1, -0.05) is 0 Å². The molecular weight excluding hydrogens is 831 g/mol. The molecule has 0 spiro atoms. The molecule has 0 aliphatic heterocycles. The number of halogens is 8. The van der Waals surface area contributed by atoms with Crippen LogP contribution in [0.4, 0.5) is 0 Å². The van der Waals surface area contributed by atoms with E-state index < -0.39 is 0 Å². The second-order valence-electron chi connectivity index (χ2n) is 3.97. The molecule has 0 aromatic heterocycles. The lowest BCUT2D eigenvalue weighted by molar-refractivity contribution is 0.378. The molecule has 0 saturated heterocycles. The molecule has 2 N–H and O–H groups in total. The molecule has 0 aliphatic carbocycles. The monoisotopic (exact) mass is 825 g/mol. The highest BCUT2D eigenvalue weighted by molar-refractivity contribution is 9.15. The van der Waals surface area contributed by atoms with Gasteiger partial charge in [-0.2, -0.15) is 0 Å². The van der Waals surface area contributed by atoms with Gasteiger partial charge in [-0.15, -0.1) is 0 Å². The fourth-order valence-electron chi connectivity index (χ4n) is 1.49. The SMILES string of the molecule is Oc1c(Br)c(Br)c(Br)c(Br)c1Oc1c(O)c(Br)c(Br)c(Br)c1Br. The third kappa shape index (κ3) is 3.86. The summed E-state index contributed by atoms with van der Waals surface area (Å²) in [6.07, 6.45) is 0. The molecule has 0 radical (unpaired) electrons. The highest BCUT2D eigenvalue weighted by Crippen LogP contribution is 2.55. The third-order valence-electron chi connectivity index (χ3n) is 2.61. The van der Waals surface area contributed by atoms with Gasteiger partial charge in [0, 0.05) is 0 Å². The molecule has 11 heteroatoms. The molecule has 2 aromatic carbocycles. The fraction of sp³-hybridized carbons (Fsp3) is 0. The maximum absolute atomic E-state index is 10.3. The van der Waals surface area contributed by atoms with Crippen LogP contribution in [0, 0.1) is 0 Å². The van der Waals surface area contributed by atoms with Crippen LogP contribution >= 0.6 is 127 Å². The molecule has 23 heavy (non-hydrogen) atoms. The molecule has 0 fully saturated rings. The van der Waals surface area contributed by atoms with Crippen LogP contribution in [0.2, 0.25) is 0 Å². The van der Waals surface area contributed by atoms with E-state index in [1.165, 1.54) is 0 Å². The first-order chi connectivity index (χ1) is 10.6. The van der Waals surface area contributed by atoms with Crippen molar-refractivity contribution in [2.24, 2.45) is 0 Å². The Morgan fingerprint density at radius 3 is 1.00 bits per heavy atom. The quantitative estimate of drug-likeness (QED) is 0.235. The zero-order valence-electron chi connectivity index (χ0n) is 10.3. The number of phenols is 2. The Morgan fingerprint density at radius 1 is 0.435 bits per heavy atom. The van der Waals surface area contributed by atoms with Crippen LogP contribution in [0.15, 0.2) is 35.8 Å². The van der Waals surface area contributed by atoms with Crippen LogP contribution in [0.5, 0.6) is 23.0 Å². The minimum Gasteiger partial charge on any atom is -0.503 e. The summed E-state index contributed by atoms with van der Waals surface area (Å²) in [4.78, 5) is 0. The smallest absolute Gasteiger partial charge is 0.185 e. The van der Waals surface area contributed by atoms with Gasteiger partial charge >= 0.3 is 0 Å². The van der Waals surface area contributed by atoms with Gasteiger partial charge in [0.25, 0.3) is 0 Å². The number of aromatic hydroxyl groups is 2. The first-order valence-corrected chi connectivity index (χ1v) is 11.7. The van der Waals surface area contributed by atoms with Gasteiger partial charge in [-0.3, -0.25) is 0 Å². The number of benzene rings is 2. The maximum atomic E-state index is 10.3. The van der Waals surface area contributed by atoms with E-state index in [9.17, 15) is 10.2 Å². The Hall–Kier alpha value is 1.68. The minimum atomic E-state index is -0.131. The van der Waals surface area contributed by atoms with Crippen LogP contribution < -0.4 is 4.74 Å². The first-order valence-electron chi connectivity index (χ1n) is 5.37. The van der Waals surface area contributed by atoms with Crippen LogP contribution in [0.3, 0.4) is 0 Å². The van der Waals surface area contributed by atoms with Crippen molar-refractivity contribution in [1.82, 2.24) is 0 Å². The van der Waals surface area contributed by atoms with Gasteiger partial charge in [0.2, 0.25) is 0 Å². The van der Waals surface area contributed by atoms with Crippen molar-refractivity contribution in [2.45, 2.75) is 0 Å². The van der Waals surface area contributed by atoms with Gasteiger partial charge in [-0.05, 0) is 127 Å². The number of hydrogen-bond donors (Lipinski definition) is 2. The minimum absolute atomic E-state index is 0.129. The summed E-state index contributed by atoms with van der Waals surface area (Å²) in [5.74, 6) is -0.00466. The van der Waals surface area contributed by atoms with Gasteiger partial charge in [0.1, 0.15) is 0 Å². The molecule has 0 unspecified atom stereocenters. The predicted molar refractivity (Wildman–Crippen MR) is 118 cm³/mol. The maximum Gasteiger partial charge on any atom is 0.185 e. The van der Waals surface area contributed by atoms with E-state index in [0.717, 1.165) is 0 Å². The van der Waals surface area contributed by atoms with Crippen molar-refractivity contribution in [3.63, 3.8) is 0 Å². The van der Waals surface area contributed by atoms with E-state index in [0.29, 0.717) is 35.8 Å². The second-order valence-corrected chi connectivity index (χ2v) is 10.3. The summed E-state index contributed by atoms with van der Waals surface area (Å²) in [5.41, 5.74) is 0. The lowest BCUT2D eigenvalue weighted by Crippen LogP contribution is -1.93. The summed E-state index contributed by atoms with van der Waals surface area (Å²) < 4.78 is 10.1. The number of phenolic OH excluding ortho intramolecular Hbond substituents is 2. The Morgan fingerprint density at radius 2 is 0.696 bits per heavy atom. The highest BCUT2D eigenvalue weighted by atomic mass is 79.9. The molecule has 0 heterocycles. The van der Waals surface area contributed by atoms with E-state index >= 15 is 0 Å². The second kappa shape index (κ2) is 8.14. The van der Waals surface area contributed by atoms with Crippen molar-refractivity contribution in [3.05, 3.63) is 35.8 Å². The number of rotatable bonds is 2. The largest absolute Gasteiger partial charge is 0.503 e. The molecule has 0 aliphatic rings. The fourth-order valence-corrected chi connectivity index (χ4v) is 5.77. The lowest BCUT2D eigenvalue weighted by Gasteiger charge is -2.17. The van der Waals surface area contributed by atoms with E-state index in [1.807, 2.05) is 0 Å². The van der Waals surface area contributed by atoms with Crippen LogP contribution in [0.25, 0.3) is 0 Å². The Balaban J connectivity index is 2.71. The number of hydrogen-bond acceptors (Lipinski definition) is 3. The summed E-state index contributed by atoms with van der Waals surface area (Å²) in [6.45, 7) is 0. The molecule has 2 aromatic rings. The van der Waals surface area contributed by atoms with E-state index in [-0.39, 0.29) is 23.0 Å². The normalized spacial score (nSPS) is 11.0. The Labute approximate surface area is 198 Å². The molecule has 0 amide bonds. The van der Waals surface area contributed by atoms with Crippen LogP contribution in [-0.4, -0.2) is 10.2 Å². The molecule has 0 saturated carbocycles. The molecule has 124 valence electrons. The van der Waals surface area contributed by atoms with Gasteiger partial charge in [0.15, 0.2) is 23.0 Å². The first kappa shape index (κ1) is 21.0. The molecule has 3 nitrogen and oxygen atoms in total. The molecule has 0 atom stereocenters. The number of ether oxygens (including phenoxy) is 1. The van der Waals surface area contributed by atoms with Crippen molar-refractivity contribution < 1.29 is 14.9 Å². The zero-order chi connectivity index (χ0) is 17.6. The Kier molecular flexibility index (Phi) is 7.43. The summed E-state index contributed by atoms with van der Waals surface area (Å²) in [7, 11) is 0. The van der Waals surface area contributed by atoms with E-state index in [1.54, 1.807) is 0 Å². The van der Waals surface area contributed by atoms with Crippen molar-refractivity contribution in [2.75, 3.05) is 0 Å². The average Bonchev–Trinajstić information content (AvgIpc) is 2.54. The van der Waals surface area contributed by atoms with E-state index in [2.05, 4.69) is 127 Å². The van der Waals surface area contributed by atoms with Crippen molar-refractivity contribution in [3.8, 4) is 23.0 Å². The van der Waals surface area contributed by atoms with Crippen LogP contribution in [0.1, 0.15) is 0 Å². The lowest BCUT2D eigenvalue weighted by atomic mass is 10.3. The molecule has 0 bridgehead atoms. The summed E-state index contributed by atoms with van der Waals surface area (Å²) in [6, 6.07) is 0. The van der Waals surface area contributed by atoms with Crippen molar-refractivity contribution in [1.29, 1.82) is 0 Å². The predicted octanol–water partition coefficient (Wildman–Crippen LogP) is 8.99. The van der Waals surface area contributed by atoms with Crippen molar-refractivity contribution >= 4 is 127 Å². The van der Waals surface area contributed by atoms with Gasteiger partial charge in [-0.25, -0.2) is 0 Å². The van der Waals surface area contributed by atoms with Gasteiger partial charge in [0.05, 0.1) is 35.8 Å². The summed E-state index contributed by atoms with van der Waals surface area (Å²) >= 11 is 26.7. The Bertz CT molecular complexity index is 695. The molecular formula is C12H2Br8O3. The average molecular weight is 833 g/mol. The summed E-state index contributed by atoms with van der Waals surface area (Å²) in [5, 5.41) is 20.7. The van der Waals surface area contributed by atoms with Gasteiger partial charge < -0.3 is 14.9 Å². The highest BCUT2D eigenvalue weighted by Gasteiger charge is 2.25. The topological polar surface area (TPSA) is 49.7 Å². The van der Waals surface area contributed by atoms with Crippen LogP contribution in [-0.2, 0) is 0 Å². The van der Waals surface area contributed by atoms with E-state index in [4.69, 9.17) is 4.74 Å². The third-order valence-corrected chi connectivity index (χ3v) is 12.0. The standard InChI is InChI=1S/C12H2Br8O3/c13-1-3(15)7(19)11(9(21)5(1)17)23-12-8(20)4(16)2(14)6(18)10(12)22/h21-22H. The zero-order valence-corrected chi connectivity index (χ0v) is 23.0. The molecule has 2 rings (SSSR count).